The minimum Gasteiger partial charge on any atom is -0.506 e. The molecule has 1 unspecified atom stereocenters. The maximum atomic E-state index is 10.7. The largest absolute Gasteiger partial charge is 0.506 e. The number of phenolic OH excluding ortho intramolecular Hbond substituents is 2. The van der Waals surface area contributed by atoms with Crippen LogP contribution in [0.25, 0.3) is 0 Å². The summed E-state index contributed by atoms with van der Waals surface area (Å²) in [5.74, 6) is -1.12. The highest BCUT2D eigenvalue weighted by Gasteiger charge is 2.30. The Morgan fingerprint density at radius 2 is 0.935 bits per heavy atom. The number of urea groups is 2. The summed E-state index contributed by atoms with van der Waals surface area (Å²) in [5, 5.41) is 26.7. The second kappa shape index (κ2) is 29.7. The fourth-order valence-electron chi connectivity index (χ4n) is 5.77. The summed E-state index contributed by atoms with van der Waals surface area (Å²) < 4.78 is 0. The van der Waals surface area contributed by atoms with Crippen molar-refractivity contribution in [1.82, 2.24) is 16.0 Å². The van der Waals surface area contributed by atoms with E-state index in [0.29, 0.717) is 0 Å². The molecular formula is C47H62Cl6N4O5. The predicted molar refractivity (Wildman–Crippen MR) is 262 cm³/mol. The number of nitrogens with two attached hydrogens (primary N) is 1. The number of primary amides is 1. The first kappa shape index (κ1) is 56.4. The van der Waals surface area contributed by atoms with Crippen molar-refractivity contribution in [3.8, 4) is 11.5 Å². The second-order valence-electron chi connectivity index (χ2n) is 15.5. The van der Waals surface area contributed by atoms with Crippen LogP contribution in [0.5, 0.6) is 11.5 Å². The molecule has 0 bridgehead atoms. The molecule has 15 heteroatoms. The van der Waals surface area contributed by atoms with Gasteiger partial charge in [0.1, 0.15) is 11.5 Å². The predicted octanol–water partition coefficient (Wildman–Crippen LogP) is 15.0. The smallest absolute Gasteiger partial charge is 0.323 e. The zero-order valence-electron chi connectivity index (χ0n) is 36.9. The summed E-state index contributed by atoms with van der Waals surface area (Å²) in [5.41, 5.74) is 14.1. The van der Waals surface area contributed by atoms with Crippen LogP contribution in [-0.2, 0) is 11.2 Å². The van der Waals surface area contributed by atoms with Crippen molar-refractivity contribution in [3.05, 3.63) is 123 Å². The van der Waals surface area contributed by atoms with Gasteiger partial charge in [0, 0.05) is 17.5 Å². The topological polar surface area (TPSA) is 154 Å². The van der Waals surface area contributed by atoms with Crippen LogP contribution in [-0.4, -0.2) is 34.3 Å². The van der Waals surface area contributed by atoms with Gasteiger partial charge in [-0.2, -0.15) is 0 Å². The maximum absolute atomic E-state index is 10.7. The highest BCUT2D eigenvalue weighted by atomic mass is 35.5. The Kier molecular flexibility index (Phi) is 27.1. The van der Waals surface area contributed by atoms with Gasteiger partial charge in [0.25, 0.3) is 5.91 Å². The van der Waals surface area contributed by atoms with E-state index < -0.39 is 24.1 Å². The number of hydrogen-bond acceptors (Lipinski definition) is 5. The number of aromatic hydroxyl groups is 2. The van der Waals surface area contributed by atoms with Crippen molar-refractivity contribution in [2.45, 2.75) is 132 Å². The second-order valence-corrected chi connectivity index (χ2v) is 17.9. The van der Waals surface area contributed by atoms with Crippen LogP contribution in [0, 0.1) is 0 Å². The molecule has 1 heterocycles. The molecule has 7 N–H and O–H groups in total. The Balaban J connectivity index is 0.000000514. The first-order valence-electron chi connectivity index (χ1n) is 20.3. The van der Waals surface area contributed by atoms with Gasteiger partial charge in [-0.25, -0.2) is 9.59 Å². The Morgan fingerprint density at radius 1 is 0.597 bits per heavy atom. The van der Waals surface area contributed by atoms with Gasteiger partial charge in [-0.1, -0.05) is 140 Å². The summed E-state index contributed by atoms with van der Waals surface area (Å²) in [6.45, 7) is 17.8. The molecule has 1 saturated heterocycles. The molecule has 342 valence electrons. The number of nitrogens with one attached hydrogen (secondary N) is 3. The van der Waals surface area contributed by atoms with Gasteiger partial charge in [0.15, 0.2) is 6.17 Å². The SMILES string of the molecule is CC(C)=CCC/C(C)=C/CC/C(C)=C/CC/C=C(\C)CC/C=C(\C)CCC=C(C)C.NC(=O)NC1NC(=O)NC1=O.Oc1c(Cl)cc(Cl)c(Cl)c1Cc1c(O)c(Cl)cc(Cl)c1Cl. The molecule has 62 heavy (non-hydrogen) atoms. The Labute approximate surface area is 398 Å². The summed E-state index contributed by atoms with van der Waals surface area (Å²) in [7, 11) is 0. The number of carbonyl (C=O) groups excluding carboxylic acids is 3. The number of rotatable bonds is 18. The molecule has 1 aliphatic heterocycles. The van der Waals surface area contributed by atoms with Crippen LogP contribution in [0.2, 0.25) is 30.1 Å². The van der Waals surface area contributed by atoms with E-state index in [4.69, 9.17) is 75.3 Å². The average molecular weight is 976 g/mol. The van der Waals surface area contributed by atoms with Crippen LogP contribution in [0.15, 0.2) is 82.0 Å². The minimum atomic E-state index is -1.04. The third-order valence-corrected chi connectivity index (χ3v) is 11.5. The van der Waals surface area contributed by atoms with Gasteiger partial charge in [-0.3, -0.25) is 10.1 Å². The lowest BCUT2D eigenvalue weighted by Crippen LogP contribution is -2.48. The van der Waals surface area contributed by atoms with Crippen molar-refractivity contribution in [1.29, 1.82) is 0 Å². The molecule has 0 radical (unpaired) electrons. The standard InChI is InChI=1S/C30H50.C13H6Cl6O2.C4H6N4O3/c1-25(2)15-11-19-29(7)23-13-21-27(5)17-9-10-18-28(6)22-14-24-30(8)20-12-16-26(3)4;14-6-2-8(16)12(20)4(10(6)18)1-5-11(19)7(15)3-9(17)13(5)21;5-3(10)6-1-2(9)8-4(11)7-1/h15-18,23-24H,9-14,19-22H2,1-8H3;2-3,20-21H,1H2;1H,(H3,5,6,10)(H2,7,8,9,11)/b27-17+,28-18+,29-23+,30-24+;;. The Hall–Kier alpha value is -3.57. The third kappa shape index (κ3) is 22.7. The number of allylic oxidation sites excluding steroid dienone is 12. The third-order valence-electron chi connectivity index (χ3n) is 9.29. The first-order valence-corrected chi connectivity index (χ1v) is 22.6. The molecule has 5 amide bonds. The fourth-order valence-corrected chi connectivity index (χ4v) is 7.19. The number of benzene rings is 2. The van der Waals surface area contributed by atoms with Crippen LogP contribution >= 0.6 is 69.6 Å². The number of imide groups is 1. The van der Waals surface area contributed by atoms with E-state index in [9.17, 15) is 24.6 Å². The average Bonchev–Trinajstić information content (AvgIpc) is 3.49. The number of hydrogen-bond donors (Lipinski definition) is 6. The lowest BCUT2D eigenvalue weighted by Gasteiger charge is -2.14. The minimum absolute atomic E-state index is 0.0307. The van der Waals surface area contributed by atoms with Gasteiger partial charge >= 0.3 is 12.1 Å². The molecule has 1 aliphatic rings. The van der Waals surface area contributed by atoms with Crippen molar-refractivity contribution >= 4 is 87.6 Å². The molecular weight excluding hydrogens is 913 g/mol. The highest BCUT2D eigenvalue weighted by Crippen LogP contribution is 2.44. The number of phenols is 2. The summed E-state index contributed by atoms with van der Waals surface area (Å²) >= 11 is 35.7. The monoisotopic (exact) mass is 972 g/mol. The molecule has 1 fully saturated rings. The van der Waals surface area contributed by atoms with E-state index in [1.165, 1.54) is 110 Å². The molecule has 0 saturated carbocycles. The molecule has 0 spiro atoms. The number of halogens is 6. The summed E-state index contributed by atoms with van der Waals surface area (Å²) in [6.07, 6.45) is 25.1. The first-order chi connectivity index (χ1) is 29.0. The quantitative estimate of drug-likeness (QED) is 0.0380. The van der Waals surface area contributed by atoms with Gasteiger partial charge in [-0.15, -0.1) is 0 Å². The summed E-state index contributed by atoms with van der Waals surface area (Å²) in [4.78, 5) is 31.3. The molecule has 1 atom stereocenters. The van der Waals surface area contributed by atoms with E-state index in [2.05, 4.69) is 97.2 Å². The number of unbranched alkanes of at least 4 members (excludes halogenated alkanes) is 1. The zero-order valence-corrected chi connectivity index (χ0v) is 41.5. The molecule has 2 aromatic carbocycles. The van der Waals surface area contributed by atoms with Crippen LogP contribution < -0.4 is 21.7 Å². The van der Waals surface area contributed by atoms with Crippen molar-refractivity contribution in [2.75, 3.05) is 0 Å². The van der Waals surface area contributed by atoms with Crippen molar-refractivity contribution in [3.63, 3.8) is 0 Å². The molecule has 0 aromatic heterocycles. The maximum Gasteiger partial charge on any atom is 0.323 e. The van der Waals surface area contributed by atoms with Gasteiger partial charge in [-0.05, 0) is 132 Å². The highest BCUT2D eigenvalue weighted by molar-refractivity contribution is 6.45. The van der Waals surface area contributed by atoms with E-state index >= 15 is 0 Å². The number of carbonyl (C=O) groups is 3. The van der Waals surface area contributed by atoms with Gasteiger partial charge in [0.05, 0.1) is 30.1 Å². The van der Waals surface area contributed by atoms with E-state index in [-0.39, 0.29) is 59.2 Å². The van der Waals surface area contributed by atoms with Gasteiger partial charge < -0.3 is 26.6 Å². The lowest BCUT2D eigenvalue weighted by atomic mass is 10.0. The lowest BCUT2D eigenvalue weighted by molar-refractivity contribution is -0.120. The Bertz CT molecular complexity index is 1880. The number of amides is 5. The van der Waals surface area contributed by atoms with Crippen LogP contribution in [0.4, 0.5) is 9.59 Å². The Morgan fingerprint density at radius 3 is 1.24 bits per heavy atom. The van der Waals surface area contributed by atoms with E-state index in [1.54, 1.807) is 0 Å². The van der Waals surface area contributed by atoms with Crippen molar-refractivity contribution < 1.29 is 24.6 Å². The molecule has 2 aromatic rings. The normalized spacial score (nSPS) is 14.2. The van der Waals surface area contributed by atoms with Crippen LogP contribution in [0.1, 0.15) is 131 Å². The molecule has 0 aliphatic carbocycles. The van der Waals surface area contributed by atoms with Gasteiger partial charge in [0.2, 0.25) is 0 Å². The van der Waals surface area contributed by atoms with E-state index in [1.807, 2.05) is 10.6 Å². The zero-order chi connectivity index (χ0) is 47.1. The van der Waals surface area contributed by atoms with Crippen molar-refractivity contribution in [2.24, 2.45) is 5.73 Å². The molecule has 9 nitrogen and oxygen atoms in total. The van der Waals surface area contributed by atoms with Crippen LogP contribution in [0.3, 0.4) is 0 Å². The van der Waals surface area contributed by atoms with E-state index in [0.717, 1.165) is 0 Å². The fraction of sp³-hybridized carbons (Fsp3) is 0.426. The summed E-state index contributed by atoms with van der Waals surface area (Å²) in [6, 6.07) is 1.12. The molecule has 3 rings (SSSR count).